The molecule has 2 atom stereocenters. The minimum Gasteiger partial charge on any atom is -0.381 e. The van der Waals surface area contributed by atoms with Crippen molar-refractivity contribution in [2.75, 3.05) is 32.1 Å². The Labute approximate surface area is 151 Å². The van der Waals surface area contributed by atoms with Crippen LogP contribution in [0.5, 0.6) is 0 Å². The highest BCUT2D eigenvalue weighted by Crippen LogP contribution is 2.24. The Morgan fingerprint density at radius 2 is 2.12 bits per heavy atom. The summed E-state index contributed by atoms with van der Waals surface area (Å²) in [4.78, 5) is 14.6. The van der Waals surface area contributed by atoms with Gasteiger partial charge in [-0.2, -0.15) is 0 Å². The highest BCUT2D eigenvalue weighted by molar-refractivity contribution is 5.93. The minimum atomic E-state index is 0. The quantitative estimate of drug-likeness (QED) is 0.823. The standard InChI is InChI=1S/C18H29N3O2.ClH/c1-13(2)16-6-4-5-7-17(16)20-18(22)12-21-9-8-15(23-3)10-14(21)11-19;/h4-7,13-15H,8-12,19H2,1-3H3,(H,20,22);1H. The van der Waals surface area contributed by atoms with Gasteiger partial charge in [-0.3, -0.25) is 9.69 Å². The van der Waals surface area contributed by atoms with Crippen molar-refractivity contribution in [3.63, 3.8) is 0 Å². The molecule has 1 amide bonds. The summed E-state index contributed by atoms with van der Waals surface area (Å²) in [5, 5.41) is 3.06. The van der Waals surface area contributed by atoms with Crippen LogP contribution in [0, 0.1) is 0 Å². The first-order valence-corrected chi connectivity index (χ1v) is 8.40. The average Bonchev–Trinajstić information content (AvgIpc) is 2.55. The number of nitrogens with one attached hydrogen (secondary N) is 1. The van der Waals surface area contributed by atoms with Crippen molar-refractivity contribution in [1.29, 1.82) is 0 Å². The largest absolute Gasteiger partial charge is 0.381 e. The van der Waals surface area contributed by atoms with Crippen LogP contribution in [0.25, 0.3) is 0 Å². The number of anilines is 1. The zero-order valence-corrected chi connectivity index (χ0v) is 15.6. The van der Waals surface area contributed by atoms with Crippen molar-refractivity contribution in [2.24, 2.45) is 5.73 Å². The molecule has 2 unspecified atom stereocenters. The maximum Gasteiger partial charge on any atom is 0.238 e. The maximum absolute atomic E-state index is 12.4. The second kappa shape index (κ2) is 9.99. The van der Waals surface area contributed by atoms with Crippen molar-refractivity contribution in [3.8, 4) is 0 Å². The van der Waals surface area contributed by atoms with Crippen molar-refractivity contribution in [2.45, 2.75) is 44.8 Å². The fraction of sp³-hybridized carbons (Fsp3) is 0.611. The molecule has 1 aromatic carbocycles. The van der Waals surface area contributed by atoms with Gasteiger partial charge in [0.05, 0.1) is 12.6 Å². The number of carbonyl (C=O) groups is 1. The summed E-state index contributed by atoms with van der Waals surface area (Å²) in [6, 6.07) is 8.19. The molecule has 1 aliphatic heterocycles. The van der Waals surface area contributed by atoms with Gasteiger partial charge in [0.25, 0.3) is 0 Å². The number of benzene rings is 1. The SMILES string of the molecule is COC1CCN(CC(=O)Nc2ccccc2C(C)C)C(CN)C1.Cl. The second-order valence-corrected chi connectivity index (χ2v) is 6.53. The molecule has 0 saturated carbocycles. The molecule has 0 aromatic heterocycles. The van der Waals surface area contributed by atoms with Gasteiger partial charge < -0.3 is 15.8 Å². The van der Waals surface area contributed by atoms with Crippen LogP contribution >= 0.6 is 12.4 Å². The molecule has 2 rings (SSSR count). The van der Waals surface area contributed by atoms with E-state index in [0.717, 1.165) is 30.6 Å². The lowest BCUT2D eigenvalue weighted by Gasteiger charge is -2.38. The average molecular weight is 356 g/mol. The molecule has 1 aliphatic rings. The number of para-hydroxylation sites is 1. The first kappa shape index (κ1) is 20.9. The highest BCUT2D eigenvalue weighted by atomic mass is 35.5. The van der Waals surface area contributed by atoms with Crippen molar-refractivity contribution in [1.82, 2.24) is 4.90 Å². The molecule has 1 aromatic rings. The third kappa shape index (κ3) is 5.45. The number of nitrogens with two attached hydrogens (primary N) is 1. The van der Waals surface area contributed by atoms with E-state index in [1.54, 1.807) is 7.11 Å². The molecule has 1 saturated heterocycles. The van der Waals surface area contributed by atoms with Gasteiger partial charge >= 0.3 is 0 Å². The lowest BCUT2D eigenvalue weighted by Crippen LogP contribution is -2.51. The minimum absolute atomic E-state index is 0. The Morgan fingerprint density at radius 3 is 2.75 bits per heavy atom. The summed E-state index contributed by atoms with van der Waals surface area (Å²) in [6.07, 6.45) is 2.09. The predicted molar refractivity (Wildman–Crippen MR) is 101 cm³/mol. The zero-order valence-electron chi connectivity index (χ0n) is 14.8. The van der Waals surface area contributed by atoms with Gasteiger partial charge in [-0.15, -0.1) is 12.4 Å². The number of hydrogen-bond donors (Lipinski definition) is 2. The molecule has 1 heterocycles. The van der Waals surface area contributed by atoms with Gasteiger partial charge in [0, 0.05) is 31.9 Å². The Balaban J connectivity index is 0.00000288. The van der Waals surface area contributed by atoms with Gasteiger partial charge in [-0.25, -0.2) is 0 Å². The fourth-order valence-electron chi connectivity index (χ4n) is 3.22. The number of nitrogens with zero attached hydrogens (tertiary/aromatic N) is 1. The monoisotopic (exact) mass is 355 g/mol. The summed E-state index contributed by atoms with van der Waals surface area (Å²) in [5.41, 5.74) is 7.94. The molecule has 0 bridgehead atoms. The van der Waals surface area contributed by atoms with Crippen molar-refractivity contribution >= 4 is 24.0 Å². The van der Waals surface area contributed by atoms with E-state index < -0.39 is 0 Å². The van der Waals surface area contributed by atoms with E-state index in [2.05, 4.69) is 30.1 Å². The number of halogens is 1. The Morgan fingerprint density at radius 1 is 1.42 bits per heavy atom. The van der Waals surface area contributed by atoms with E-state index in [9.17, 15) is 4.79 Å². The predicted octanol–water partition coefficient (Wildman–Crippen LogP) is 2.61. The Hall–Kier alpha value is -1.14. The van der Waals surface area contributed by atoms with E-state index in [-0.39, 0.29) is 30.5 Å². The normalized spacial score (nSPS) is 21.4. The first-order chi connectivity index (χ1) is 11.0. The zero-order chi connectivity index (χ0) is 16.8. The number of hydrogen-bond acceptors (Lipinski definition) is 4. The molecule has 6 heteroatoms. The summed E-state index contributed by atoms with van der Waals surface area (Å²) in [7, 11) is 1.74. The topological polar surface area (TPSA) is 67.6 Å². The Bertz CT molecular complexity index is 525. The number of rotatable bonds is 6. The molecule has 136 valence electrons. The summed E-state index contributed by atoms with van der Waals surface area (Å²) < 4.78 is 5.43. The maximum atomic E-state index is 12.4. The number of likely N-dealkylation sites (tertiary alicyclic amines) is 1. The van der Waals surface area contributed by atoms with Crippen molar-refractivity contribution < 1.29 is 9.53 Å². The molecular formula is C18H30ClN3O2. The number of ether oxygens (including phenoxy) is 1. The molecule has 5 nitrogen and oxygen atoms in total. The lowest BCUT2D eigenvalue weighted by molar-refractivity contribution is -0.118. The third-order valence-corrected chi connectivity index (χ3v) is 4.60. The van der Waals surface area contributed by atoms with E-state index in [1.165, 1.54) is 0 Å². The van der Waals surface area contributed by atoms with E-state index in [4.69, 9.17) is 10.5 Å². The van der Waals surface area contributed by atoms with Gasteiger partial charge in [-0.05, 0) is 30.4 Å². The smallest absolute Gasteiger partial charge is 0.238 e. The molecule has 0 radical (unpaired) electrons. The molecule has 3 N–H and O–H groups in total. The summed E-state index contributed by atoms with van der Waals surface area (Å²) in [6.45, 7) is 6.04. The highest BCUT2D eigenvalue weighted by Gasteiger charge is 2.28. The molecular weight excluding hydrogens is 326 g/mol. The van der Waals surface area contributed by atoms with Gasteiger partial charge in [0.15, 0.2) is 0 Å². The van der Waals surface area contributed by atoms with E-state index in [1.807, 2.05) is 18.2 Å². The van der Waals surface area contributed by atoms with E-state index >= 15 is 0 Å². The van der Waals surface area contributed by atoms with Gasteiger partial charge in [-0.1, -0.05) is 32.0 Å². The van der Waals surface area contributed by atoms with Crippen LogP contribution in [0.3, 0.4) is 0 Å². The van der Waals surface area contributed by atoms with E-state index in [0.29, 0.717) is 19.0 Å². The summed E-state index contributed by atoms with van der Waals surface area (Å²) in [5.74, 6) is 0.396. The van der Waals surface area contributed by atoms with Crippen LogP contribution in [-0.2, 0) is 9.53 Å². The number of carbonyl (C=O) groups excluding carboxylic acids is 1. The summed E-state index contributed by atoms with van der Waals surface area (Å²) >= 11 is 0. The lowest BCUT2D eigenvalue weighted by atomic mass is 9.99. The van der Waals surface area contributed by atoms with Crippen LogP contribution < -0.4 is 11.1 Å². The number of methoxy groups -OCH3 is 1. The third-order valence-electron chi connectivity index (χ3n) is 4.60. The van der Waals surface area contributed by atoms with Crippen LogP contribution in [0.4, 0.5) is 5.69 Å². The van der Waals surface area contributed by atoms with Crippen molar-refractivity contribution in [3.05, 3.63) is 29.8 Å². The molecule has 1 fully saturated rings. The van der Waals surface area contributed by atoms with Crippen LogP contribution in [0.2, 0.25) is 0 Å². The second-order valence-electron chi connectivity index (χ2n) is 6.53. The number of piperidine rings is 1. The number of amides is 1. The molecule has 0 aliphatic carbocycles. The van der Waals surface area contributed by atoms with Gasteiger partial charge in [0.2, 0.25) is 5.91 Å². The Kier molecular flexibility index (Phi) is 8.70. The van der Waals surface area contributed by atoms with Gasteiger partial charge in [0.1, 0.15) is 0 Å². The molecule has 0 spiro atoms. The molecule has 24 heavy (non-hydrogen) atoms. The van der Waals surface area contributed by atoms with Crippen LogP contribution in [0.15, 0.2) is 24.3 Å². The van der Waals surface area contributed by atoms with Crippen LogP contribution in [0.1, 0.15) is 38.2 Å². The first-order valence-electron chi connectivity index (χ1n) is 8.40. The fourth-order valence-corrected chi connectivity index (χ4v) is 3.22. The van der Waals surface area contributed by atoms with Crippen LogP contribution in [-0.4, -0.2) is 49.7 Å².